The number of hydrogen-bond donors (Lipinski definition) is 1. The van der Waals surface area contributed by atoms with Gasteiger partial charge in [-0.25, -0.2) is 8.42 Å². The zero-order valence-corrected chi connectivity index (χ0v) is 12.9. The molecule has 1 aromatic carbocycles. The van der Waals surface area contributed by atoms with E-state index in [9.17, 15) is 13.2 Å². The molecule has 1 heterocycles. The molecule has 1 aliphatic rings. The van der Waals surface area contributed by atoms with Crippen LogP contribution in [0.5, 0.6) is 0 Å². The highest BCUT2D eigenvalue weighted by Gasteiger charge is 2.26. The first-order valence-electron chi connectivity index (χ1n) is 5.83. The van der Waals surface area contributed by atoms with Crippen LogP contribution in [0.15, 0.2) is 27.6 Å². The second-order valence-corrected chi connectivity index (χ2v) is 7.58. The van der Waals surface area contributed by atoms with E-state index < -0.39 is 9.84 Å². The lowest BCUT2D eigenvalue weighted by Gasteiger charge is -2.17. The molecule has 0 radical (unpaired) electrons. The van der Waals surface area contributed by atoms with Crippen LogP contribution >= 0.6 is 15.9 Å². The van der Waals surface area contributed by atoms with E-state index in [4.69, 9.17) is 5.73 Å². The van der Waals surface area contributed by atoms with E-state index in [1.807, 2.05) is 0 Å². The molecule has 0 bridgehead atoms. The van der Waals surface area contributed by atoms with Crippen molar-refractivity contribution in [3.05, 3.63) is 28.2 Å². The Morgan fingerprint density at radius 1 is 1.47 bits per heavy atom. The van der Waals surface area contributed by atoms with Crippen LogP contribution in [0.1, 0.15) is 16.8 Å². The monoisotopic (exact) mass is 346 g/mol. The molecular formula is C12H15BrN2O3S. The summed E-state index contributed by atoms with van der Waals surface area (Å²) in [6, 6.07) is 4.47. The normalized spacial score (nSPS) is 19.7. The molecule has 0 spiro atoms. The van der Waals surface area contributed by atoms with Crippen molar-refractivity contribution in [1.82, 2.24) is 4.90 Å². The molecule has 1 aromatic rings. The molecule has 0 aromatic heterocycles. The van der Waals surface area contributed by atoms with Gasteiger partial charge in [0.05, 0.1) is 10.5 Å². The number of likely N-dealkylation sites (tertiary alicyclic amines) is 1. The van der Waals surface area contributed by atoms with Gasteiger partial charge in [-0.15, -0.1) is 0 Å². The van der Waals surface area contributed by atoms with E-state index in [-0.39, 0.29) is 16.8 Å². The van der Waals surface area contributed by atoms with Crippen molar-refractivity contribution in [2.45, 2.75) is 17.4 Å². The fourth-order valence-corrected chi connectivity index (χ4v) is 3.10. The summed E-state index contributed by atoms with van der Waals surface area (Å²) >= 11 is 3.29. The minimum absolute atomic E-state index is 0.000756. The van der Waals surface area contributed by atoms with Crippen LogP contribution in [0.2, 0.25) is 0 Å². The smallest absolute Gasteiger partial charge is 0.255 e. The third-order valence-electron chi connectivity index (χ3n) is 3.11. The zero-order valence-electron chi connectivity index (χ0n) is 10.5. The number of rotatable bonds is 2. The molecule has 1 aliphatic heterocycles. The third kappa shape index (κ3) is 3.16. The Balaban J connectivity index is 2.36. The number of amides is 1. The fraction of sp³-hybridized carbons (Fsp3) is 0.417. The molecular weight excluding hydrogens is 332 g/mol. The molecule has 2 N–H and O–H groups in total. The lowest BCUT2D eigenvalue weighted by atomic mass is 10.2. The van der Waals surface area contributed by atoms with Crippen LogP contribution in [0, 0.1) is 0 Å². The van der Waals surface area contributed by atoms with Crippen LogP contribution in [0.25, 0.3) is 0 Å². The van der Waals surface area contributed by atoms with Gasteiger partial charge in [-0.3, -0.25) is 4.79 Å². The largest absolute Gasteiger partial charge is 0.337 e. The predicted octanol–water partition coefficient (Wildman–Crippen LogP) is 1.03. The second kappa shape index (κ2) is 5.22. The van der Waals surface area contributed by atoms with Gasteiger partial charge in [-0.05, 0) is 40.5 Å². The molecule has 5 nitrogen and oxygen atoms in total. The number of carbonyl (C=O) groups is 1. The van der Waals surface area contributed by atoms with Gasteiger partial charge in [0.25, 0.3) is 5.91 Å². The number of sulfone groups is 1. The Hall–Kier alpha value is -0.920. The van der Waals surface area contributed by atoms with E-state index >= 15 is 0 Å². The minimum atomic E-state index is -3.33. The standard InChI is InChI=1S/C12H15BrN2O3S/c1-19(17,18)9-2-3-11(13)10(6-9)12(16)15-5-4-8(14)7-15/h2-3,6,8H,4-5,7,14H2,1H3/t8-/m1/s1. The highest BCUT2D eigenvalue weighted by atomic mass is 79.9. The molecule has 1 fully saturated rings. The number of benzene rings is 1. The summed E-state index contributed by atoms with van der Waals surface area (Å²) in [5.74, 6) is -0.190. The van der Waals surface area contributed by atoms with E-state index in [1.165, 1.54) is 12.1 Å². The fourth-order valence-electron chi connectivity index (χ4n) is 2.04. The highest BCUT2D eigenvalue weighted by molar-refractivity contribution is 9.10. The van der Waals surface area contributed by atoms with Crippen molar-refractivity contribution in [2.75, 3.05) is 19.3 Å². The molecule has 2 rings (SSSR count). The topological polar surface area (TPSA) is 80.5 Å². The number of hydrogen-bond acceptors (Lipinski definition) is 4. The molecule has 19 heavy (non-hydrogen) atoms. The summed E-state index contributed by atoms with van der Waals surface area (Å²) < 4.78 is 23.7. The summed E-state index contributed by atoms with van der Waals surface area (Å²) in [4.78, 5) is 14.1. The number of carbonyl (C=O) groups excluding carboxylic acids is 1. The van der Waals surface area contributed by atoms with E-state index in [0.717, 1.165) is 12.7 Å². The Morgan fingerprint density at radius 3 is 2.68 bits per heavy atom. The Kier molecular flexibility index (Phi) is 3.98. The van der Waals surface area contributed by atoms with Crippen LogP contribution in [0.4, 0.5) is 0 Å². The van der Waals surface area contributed by atoms with Gasteiger partial charge >= 0.3 is 0 Å². The molecule has 104 valence electrons. The zero-order chi connectivity index (χ0) is 14.2. The van der Waals surface area contributed by atoms with Gasteiger partial charge in [-0.2, -0.15) is 0 Å². The van der Waals surface area contributed by atoms with Crippen molar-refractivity contribution in [3.8, 4) is 0 Å². The first-order valence-corrected chi connectivity index (χ1v) is 8.52. The average Bonchev–Trinajstić information content (AvgIpc) is 2.74. The lowest BCUT2D eigenvalue weighted by Crippen LogP contribution is -2.32. The Bertz CT molecular complexity index is 615. The maximum absolute atomic E-state index is 12.3. The summed E-state index contributed by atoms with van der Waals surface area (Å²) in [6.07, 6.45) is 1.89. The highest BCUT2D eigenvalue weighted by Crippen LogP contribution is 2.24. The summed E-state index contributed by atoms with van der Waals surface area (Å²) in [5, 5.41) is 0. The summed E-state index contributed by atoms with van der Waals surface area (Å²) in [5.41, 5.74) is 6.14. The SMILES string of the molecule is CS(=O)(=O)c1ccc(Br)c(C(=O)N2CC[C@@H](N)C2)c1. The third-order valence-corrected chi connectivity index (χ3v) is 4.91. The van der Waals surface area contributed by atoms with Gasteiger partial charge in [-0.1, -0.05) is 0 Å². The Labute approximate surface area is 120 Å². The number of halogens is 1. The van der Waals surface area contributed by atoms with E-state index in [0.29, 0.717) is 23.1 Å². The molecule has 1 saturated heterocycles. The van der Waals surface area contributed by atoms with E-state index in [2.05, 4.69) is 15.9 Å². The maximum atomic E-state index is 12.3. The molecule has 1 amide bonds. The van der Waals surface area contributed by atoms with Crippen LogP contribution < -0.4 is 5.73 Å². The minimum Gasteiger partial charge on any atom is -0.337 e. The van der Waals surface area contributed by atoms with Gasteiger partial charge in [0.15, 0.2) is 9.84 Å². The maximum Gasteiger partial charge on any atom is 0.255 e. The predicted molar refractivity (Wildman–Crippen MR) is 75.7 cm³/mol. The lowest BCUT2D eigenvalue weighted by molar-refractivity contribution is 0.0789. The summed E-state index contributed by atoms with van der Waals surface area (Å²) in [7, 11) is -3.33. The van der Waals surface area contributed by atoms with Crippen molar-refractivity contribution >= 4 is 31.7 Å². The van der Waals surface area contributed by atoms with Gasteiger partial charge in [0.1, 0.15) is 0 Å². The average molecular weight is 347 g/mol. The van der Waals surface area contributed by atoms with Crippen LogP contribution in [0.3, 0.4) is 0 Å². The Morgan fingerprint density at radius 2 is 2.16 bits per heavy atom. The quantitative estimate of drug-likeness (QED) is 0.866. The van der Waals surface area contributed by atoms with Gasteiger partial charge < -0.3 is 10.6 Å². The van der Waals surface area contributed by atoms with Gasteiger partial charge in [0, 0.05) is 29.9 Å². The van der Waals surface area contributed by atoms with Gasteiger partial charge in [0.2, 0.25) is 0 Å². The first kappa shape index (κ1) is 14.5. The number of nitrogens with two attached hydrogens (primary N) is 1. The van der Waals surface area contributed by atoms with Crippen molar-refractivity contribution in [1.29, 1.82) is 0 Å². The summed E-state index contributed by atoms with van der Waals surface area (Å²) in [6.45, 7) is 1.11. The number of nitrogens with zero attached hydrogens (tertiary/aromatic N) is 1. The van der Waals surface area contributed by atoms with Crippen molar-refractivity contribution in [2.24, 2.45) is 5.73 Å². The first-order chi connectivity index (χ1) is 8.79. The van der Waals surface area contributed by atoms with Crippen LogP contribution in [-0.4, -0.2) is 44.6 Å². The molecule has 0 unspecified atom stereocenters. The van der Waals surface area contributed by atoms with Crippen molar-refractivity contribution < 1.29 is 13.2 Å². The van der Waals surface area contributed by atoms with Crippen LogP contribution in [-0.2, 0) is 9.84 Å². The molecule has 0 saturated carbocycles. The molecule has 0 aliphatic carbocycles. The molecule has 7 heteroatoms. The van der Waals surface area contributed by atoms with Crippen molar-refractivity contribution in [3.63, 3.8) is 0 Å². The van der Waals surface area contributed by atoms with E-state index in [1.54, 1.807) is 11.0 Å². The molecule has 1 atom stereocenters. The second-order valence-electron chi connectivity index (χ2n) is 4.71.